The van der Waals surface area contributed by atoms with Crippen molar-refractivity contribution in [1.29, 1.82) is 0 Å². The highest BCUT2D eigenvalue weighted by Crippen LogP contribution is 2.24. The Labute approximate surface area is 149 Å². The van der Waals surface area contributed by atoms with E-state index in [2.05, 4.69) is 24.5 Å². The summed E-state index contributed by atoms with van der Waals surface area (Å²) in [6, 6.07) is 15.0. The van der Waals surface area contributed by atoms with Crippen LogP contribution in [0.1, 0.15) is 20.8 Å². The highest BCUT2D eigenvalue weighted by Gasteiger charge is 2.08. The van der Waals surface area contributed by atoms with E-state index in [1.807, 2.05) is 55.5 Å². The van der Waals surface area contributed by atoms with Crippen molar-refractivity contribution in [3.05, 3.63) is 48.5 Å². The molecule has 5 heteroatoms. The molecule has 0 aliphatic heterocycles. The van der Waals surface area contributed by atoms with E-state index in [0.717, 1.165) is 11.4 Å². The van der Waals surface area contributed by atoms with E-state index in [-0.39, 0.29) is 12.5 Å². The lowest BCUT2D eigenvalue weighted by Gasteiger charge is -2.14. The average molecular weight is 342 g/mol. The Morgan fingerprint density at radius 3 is 2.64 bits per heavy atom. The van der Waals surface area contributed by atoms with Crippen LogP contribution in [0.2, 0.25) is 0 Å². The fraction of sp³-hybridized carbons (Fsp3) is 0.350. The molecule has 0 atom stereocenters. The minimum atomic E-state index is -0.137. The molecule has 2 aromatic carbocycles. The maximum atomic E-state index is 12.2. The molecule has 2 N–H and O–H groups in total. The van der Waals surface area contributed by atoms with Crippen molar-refractivity contribution in [3.8, 4) is 11.5 Å². The van der Waals surface area contributed by atoms with Crippen LogP contribution in [0.25, 0.3) is 0 Å². The number of hydrogen-bond acceptors (Lipinski definition) is 4. The molecule has 5 nitrogen and oxygen atoms in total. The van der Waals surface area contributed by atoms with Crippen LogP contribution in [0, 0.1) is 5.92 Å². The van der Waals surface area contributed by atoms with Gasteiger partial charge in [0.15, 0.2) is 0 Å². The number of nitrogens with one attached hydrogen (secondary N) is 2. The topological polar surface area (TPSA) is 59.6 Å². The Kier molecular flexibility index (Phi) is 7.14. The van der Waals surface area contributed by atoms with Gasteiger partial charge in [-0.3, -0.25) is 4.79 Å². The number of carbonyl (C=O) groups is 1. The molecule has 0 unspecified atom stereocenters. The molecule has 25 heavy (non-hydrogen) atoms. The zero-order valence-corrected chi connectivity index (χ0v) is 15.0. The average Bonchev–Trinajstić information content (AvgIpc) is 2.60. The van der Waals surface area contributed by atoms with Gasteiger partial charge >= 0.3 is 0 Å². The zero-order valence-electron chi connectivity index (χ0n) is 15.0. The third-order valence-electron chi connectivity index (χ3n) is 3.33. The van der Waals surface area contributed by atoms with Gasteiger partial charge in [-0.05, 0) is 37.1 Å². The first-order valence-electron chi connectivity index (χ1n) is 8.57. The SMILES string of the molecule is CCOc1cccc(NCC(=O)Nc2ccccc2OCC(C)C)c1. The predicted molar refractivity (Wildman–Crippen MR) is 102 cm³/mol. The molecule has 134 valence electrons. The van der Waals surface area contributed by atoms with Crippen LogP contribution in [0.4, 0.5) is 11.4 Å². The van der Waals surface area contributed by atoms with Crippen LogP contribution < -0.4 is 20.1 Å². The number of benzene rings is 2. The number of amides is 1. The smallest absolute Gasteiger partial charge is 0.243 e. The Morgan fingerprint density at radius 1 is 1.08 bits per heavy atom. The number of hydrogen-bond donors (Lipinski definition) is 2. The number of ether oxygens (including phenoxy) is 2. The summed E-state index contributed by atoms with van der Waals surface area (Å²) in [7, 11) is 0. The van der Waals surface area contributed by atoms with Crippen LogP contribution in [-0.2, 0) is 4.79 Å². The van der Waals surface area contributed by atoms with Crippen molar-refractivity contribution in [2.24, 2.45) is 5.92 Å². The zero-order chi connectivity index (χ0) is 18.1. The third-order valence-corrected chi connectivity index (χ3v) is 3.33. The molecule has 0 bridgehead atoms. The van der Waals surface area contributed by atoms with Gasteiger partial charge in [0.2, 0.25) is 5.91 Å². The maximum absolute atomic E-state index is 12.2. The van der Waals surface area contributed by atoms with Crippen molar-refractivity contribution in [3.63, 3.8) is 0 Å². The van der Waals surface area contributed by atoms with E-state index in [1.165, 1.54) is 0 Å². The first-order chi connectivity index (χ1) is 12.1. The van der Waals surface area contributed by atoms with Crippen molar-refractivity contribution < 1.29 is 14.3 Å². The summed E-state index contributed by atoms with van der Waals surface area (Å²) in [5.41, 5.74) is 1.52. The summed E-state index contributed by atoms with van der Waals surface area (Å²) < 4.78 is 11.2. The van der Waals surface area contributed by atoms with Gasteiger partial charge in [-0.2, -0.15) is 0 Å². The molecule has 0 saturated carbocycles. The van der Waals surface area contributed by atoms with Gasteiger partial charge in [0.05, 0.1) is 25.4 Å². The van der Waals surface area contributed by atoms with E-state index >= 15 is 0 Å². The van der Waals surface area contributed by atoms with Crippen LogP contribution in [-0.4, -0.2) is 25.7 Å². The Hall–Kier alpha value is -2.69. The molecule has 0 fully saturated rings. The summed E-state index contributed by atoms with van der Waals surface area (Å²) >= 11 is 0. The second-order valence-corrected chi connectivity index (χ2v) is 6.06. The van der Waals surface area contributed by atoms with Gasteiger partial charge in [0.1, 0.15) is 11.5 Å². The van der Waals surface area contributed by atoms with Gasteiger partial charge in [-0.15, -0.1) is 0 Å². The van der Waals surface area contributed by atoms with E-state index in [1.54, 1.807) is 0 Å². The fourth-order valence-corrected chi connectivity index (χ4v) is 2.19. The van der Waals surface area contributed by atoms with Crippen LogP contribution in [0.3, 0.4) is 0 Å². The van der Waals surface area contributed by atoms with Gasteiger partial charge in [-0.1, -0.05) is 32.0 Å². The first-order valence-corrected chi connectivity index (χ1v) is 8.57. The molecule has 0 aromatic heterocycles. The normalized spacial score (nSPS) is 10.4. The predicted octanol–water partition coefficient (Wildman–Crippen LogP) is 4.17. The first kappa shape index (κ1) is 18.6. The highest BCUT2D eigenvalue weighted by atomic mass is 16.5. The molecule has 0 saturated heterocycles. The van der Waals surface area contributed by atoms with Gasteiger partial charge in [0, 0.05) is 11.8 Å². The lowest BCUT2D eigenvalue weighted by Crippen LogP contribution is -2.22. The van der Waals surface area contributed by atoms with Crippen molar-refractivity contribution in [1.82, 2.24) is 0 Å². The number of carbonyl (C=O) groups excluding carboxylic acids is 1. The van der Waals surface area contributed by atoms with Gasteiger partial charge < -0.3 is 20.1 Å². The second kappa shape index (κ2) is 9.57. The molecular formula is C20H26N2O3. The third kappa shape index (κ3) is 6.37. The summed E-state index contributed by atoms with van der Waals surface area (Å²) in [4.78, 5) is 12.2. The summed E-state index contributed by atoms with van der Waals surface area (Å²) in [6.45, 7) is 7.48. The quantitative estimate of drug-likeness (QED) is 0.718. The Bertz CT molecular complexity index is 686. The molecule has 2 rings (SSSR count). The lowest BCUT2D eigenvalue weighted by molar-refractivity contribution is -0.114. The van der Waals surface area contributed by atoms with Gasteiger partial charge in [0.25, 0.3) is 0 Å². The maximum Gasteiger partial charge on any atom is 0.243 e. The molecule has 0 spiro atoms. The second-order valence-electron chi connectivity index (χ2n) is 6.06. The lowest BCUT2D eigenvalue weighted by atomic mass is 10.2. The van der Waals surface area contributed by atoms with E-state index in [9.17, 15) is 4.79 Å². The summed E-state index contributed by atoms with van der Waals surface area (Å²) in [5.74, 6) is 1.74. The van der Waals surface area contributed by atoms with Crippen LogP contribution >= 0.6 is 0 Å². The minimum Gasteiger partial charge on any atom is -0.494 e. The standard InChI is InChI=1S/C20H26N2O3/c1-4-24-17-9-7-8-16(12-17)21-13-20(23)22-18-10-5-6-11-19(18)25-14-15(2)3/h5-12,15,21H,4,13-14H2,1-3H3,(H,22,23). The highest BCUT2D eigenvalue weighted by molar-refractivity contribution is 5.95. The van der Waals surface area contributed by atoms with Crippen molar-refractivity contribution >= 4 is 17.3 Å². The molecule has 1 amide bonds. The van der Waals surface area contributed by atoms with E-state index in [4.69, 9.17) is 9.47 Å². The molecular weight excluding hydrogens is 316 g/mol. The molecule has 0 radical (unpaired) electrons. The van der Waals surface area contributed by atoms with E-state index in [0.29, 0.717) is 30.6 Å². The molecule has 0 heterocycles. The monoisotopic (exact) mass is 342 g/mol. The number of rotatable bonds is 9. The number of anilines is 2. The van der Waals surface area contributed by atoms with Crippen molar-refractivity contribution in [2.75, 3.05) is 30.4 Å². The number of para-hydroxylation sites is 2. The summed E-state index contributed by atoms with van der Waals surface area (Å²) in [5, 5.41) is 5.99. The minimum absolute atomic E-state index is 0.137. The molecule has 2 aromatic rings. The molecule has 0 aliphatic carbocycles. The molecule has 0 aliphatic rings. The summed E-state index contributed by atoms with van der Waals surface area (Å²) in [6.07, 6.45) is 0. The fourth-order valence-electron chi connectivity index (χ4n) is 2.19. The largest absolute Gasteiger partial charge is 0.494 e. The Balaban J connectivity index is 1.91. The van der Waals surface area contributed by atoms with Gasteiger partial charge in [-0.25, -0.2) is 0 Å². The van der Waals surface area contributed by atoms with E-state index < -0.39 is 0 Å². The van der Waals surface area contributed by atoms with Crippen LogP contribution in [0.15, 0.2) is 48.5 Å². The van der Waals surface area contributed by atoms with Crippen molar-refractivity contribution in [2.45, 2.75) is 20.8 Å². The van der Waals surface area contributed by atoms with Crippen LogP contribution in [0.5, 0.6) is 11.5 Å². The Morgan fingerprint density at radius 2 is 1.88 bits per heavy atom.